The third-order valence-corrected chi connectivity index (χ3v) is 3.55. The highest BCUT2D eigenvalue weighted by atomic mass is 19.1. The number of nitrogens with one attached hydrogen (secondary N) is 1. The number of aliphatic imine (C=N–C) groups is 2. The summed E-state index contributed by atoms with van der Waals surface area (Å²) in [6, 6.07) is 4.73. The average Bonchev–Trinajstić information content (AvgIpc) is 3.04. The lowest BCUT2D eigenvalue weighted by Crippen LogP contribution is -2.17. The van der Waals surface area contributed by atoms with E-state index in [4.69, 9.17) is 0 Å². The Balaban J connectivity index is 2.14. The topological polar surface area (TPSA) is 58.3 Å². The van der Waals surface area contributed by atoms with Gasteiger partial charge in [-0.1, -0.05) is 0 Å². The van der Waals surface area contributed by atoms with Crippen LogP contribution in [0, 0.1) is 5.82 Å². The average molecular weight is 269 g/mol. The van der Waals surface area contributed by atoms with Crippen LogP contribution in [-0.2, 0) is 0 Å². The van der Waals surface area contributed by atoms with Crippen molar-refractivity contribution in [3.05, 3.63) is 30.2 Å². The molecule has 0 radical (unpaired) electrons. The van der Waals surface area contributed by atoms with Crippen LogP contribution in [0.1, 0.15) is 13.8 Å². The van der Waals surface area contributed by atoms with E-state index in [1.54, 1.807) is 12.3 Å². The van der Waals surface area contributed by atoms with Crippen LogP contribution < -0.4 is 0 Å². The Hall–Kier alpha value is -2.50. The molecule has 1 aliphatic rings. The molecule has 0 fully saturated rings. The lowest BCUT2D eigenvalue weighted by Gasteiger charge is -2.06. The standard InChI is InChI=1S/C14H12FN5/c1-7-14(18-8(2)17-7)20-11-4-3-9(15)5-10(11)13-12(20)6-16-19-13/h3-6,8H,1-2H3,(H,16,19). The van der Waals surface area contributed by atoms with E-state index in [1.165, 1.54) is 12.1 Å². The SMILES string of the molecule is CC1=NC(C)N=C1n1c2ccc(F)cc2c2[nH]ncc21. The van der Waals surface area contributed by atoms with E-state index in [1.807, 2.05) is 18.4 Å². The maximum atomic E-state index is 13.5. The molecule has 0 spiro atoms. The van der Waals surface area contributed by atoms with Crippen LogP contribution in [0.4, 0.5) is 4.39 Å². The number of rotatable bonds is 0. The smallest absolute Gasteiger partial charge is 0.156 e. The molecule has 100 valence electrons. The molecule has 0 saturated heterocycles. The van der Waals surface area contributed by atoms with Crippen LogP contribution in [-0.4, -0.2) is 32.5 Å². The first-order valence-electron chi connectivity index (χ1n) is 6.41. The molecule has 5 nitrogen and oxygen atoms in total. The van der Waals surface area contributed by atoms with Crippen LogP contribution in [0.5, 0.6) is 0 Å². The predicted molar refractivity (Wildman–Crippen MR) is 77.0 cm³/mol. The van der Waals surface area contributed by atoms with Gasteiger partial charge in [0.15, 0.2) is 5.84 Å². The number of hydrogen-bond acceptors (Lipinski definition) is 3. The molecule has 4 rings (SSSR count). The van der Waals surface area contributed by atoms with E-state index in [9.17, 15) is 4.39 Å². The fraction of sp³-hybridized carbons (Fsp3) is 0.214. The van der Waals surface area contributed by atoms with Crippen molar-refractivity contribution in [3.63, 3.8) is 0 Å². The Labute approximate surface area is 113 Å². The number of halogens is 1. The van der Waals surface area contributed by atoms with Crippen LogP contribution in [0.2, 0.25) is 0 Å². The zero-order valence-corrected chi connectivity index (χ0v) is 11.1. The van der Waals surface area contributed by atoms with Crippen LogP contribution in [0.15, 0.2) is 34.4 Å². The van der Waals surface area contributed by atoms with Crippen molar-refractivity contribution in [2.75, 3.05) is 0 Å². The fourth-order valence-electron chi connectivity index (χ4n) is 2.77. The predicted octanol–water partition coefficient (Wildman–Crippen LogP) is 2.72. The van der Waals surface area contributed by atoms with E-state index < -0.39 is 0 Å². The van der Waals surface area contributed by atoms with Gasteiger partial charge in [0.1, 0.15) is 12.0 Å². The van der Waals surface area contributed by atoms with E-state index >= 15 is 0 Å². The van der Waals surface area contributed by atoms with E-state index in [-0.39, 0.29) is 12.0 Å². The summed E-state index contributed by atoms with van der Waals surface area (Å²) in [6.07, 6.45) is 1.65. The highest BCUT2D eigenvalue weighted by Gasteiger charge is 2.22. The first-order valence-corrected chi connectivity index (χ1v) is 6.41. The van der Waals surface area contributed by atoms with Crippen LogP contribution >= 0.6 is 0 Å². The summed E-state index contributed by atoms with van der Waals surface area (Å²) >= 11 is 0. The first kappa shape index (κ1) is 11.3. The molecular weight excluding hydrogens is 257 g/mol. The number of H-pyrrole nitrogens is 1. The summed E-state index contributed by atoms with van der Waals surface area (Å²) in [5.74, 6) is 0.531. The molecule has 1 aromatic carbocycles. The molecule has 3 heterocycles. The van der Waals surface area contributed by atoms with Crippen molar-refractivity contribution < 1.29 is 4.39 Å². The molecule has 1 atom stereocenters. The zero-order valence-electron chi connectivity index (χ0n) is 11.1. The van der Waals surface area contributed by atoms with E-state index in [0.717, 1.165) is 33.5 Å². The molecule has 0 saturated carbocycles. The number of aromatic amines is 1. The normalized spacial score (nSPS) is 18.9. The highest BCUT2D eigenvalue weighted by molar-refractivity contribution is 6.44. The molecule has 20 heavy (non-hydrogen) atoms. The molecule has 3 aromatic rings. The van der Waals surface area contributed by atoms with Gasteiger partial charge in [-0.2, -0.15) is 5.10 Å². The maximum absolute atomic E-state index is 13.5. The number of fused-ring (bicyclic) bond motifs is 3. The van der Waals surface area contributed by atoms with Gasteiger partial charge in [0.2, 0.25) is 0 Å². The molecule has 1 unspecified atom stereocenters. The van der Waals surface area contributed by atoms with E-state index in [0.29, 0.717) is 0 Å². The molecule has 1 aliphatic heterocycles. The van der Waals surface area contributed by atoms with Gasteiger partial charge in [-0.15, -0.1) is 0 Å². The van der Waals surface area contributed by atoms with Gasteiger partial charge < -0.3 is 0 Å². The van der Waals surface area contributed by atoms with Crippen molar-refractivity contribution in [2.24, 2.45) is 9.98 Å². The van der Waals surface area contributed by atoms with E-state index in [2.05, 4.69) is 20.2 Å². The highest BCUT2D eigenvalue weighted by Crippen LogP contribution is 2.29. The van der Waals surface area contributed by atoms with Gasteiger partial charge >= 0.3 is 0 Å². The second kappa shape index (κ2) is 3.75. The largest absolute Gasteiger partial charge is 0.289 e. The monoisotopic (exact) mass is 269 g/mol. The Morgan fingerprint density at radius 3 is 2.85 bits per heavy atom. The Morgan fingerprint density at radius 2 is 2.10 bits per heavy atom. The number of hydrogen-bond donors (Lipinski definition) is 1. The molecular formula is C14H12FN5. The molecule has 6 heteroatoms. The minimum atomic E-state index is -0.265. The lowest BCUT2D eigenvalue weighted by atomic mass is 10.2. The van der Waals surface area contributed by atoms with Crippen LogP contribution in [0.3, 0.4) is 0 Å². The number of nitrogens with zero attached hydrogens (tertiary/aromatic N) is 4. The Kier molecular flexibility index (Phi) is 2.13. The lowest BCUT2D eigenvalue weighted by molar-refractivity contribution is 0.629. The summed E-state index contributed by atoms with van der Waals surface area (Å²) in [7, 11) is 0. The quantitative estimate of drug-likeness (QED) is 0.670. The fourth-order valence-corrected chi connectivity index (χ4v) is 2.77. The van der Waals surface area contributed by atoms with Crippen molar-refractivity contribution in [1.29, 1.82) is 0 Å². The molecule has 0 aliphatic carbocycles. The van der Waals surface area contributed by atoms with Crippen LogP contribution in [0.25, 0.3) is 21.9 Å². The second-order valence-corrected chi connectivity index (χ2v) is 4.93. The van der Waals surface area contributed by atoms with Gasteiger partial charge in [0.25, 0.3) is 0 Å². The maximum Gasteiger partial charge on any atom is 0.156 e. The van der Waals surface area contributed by atoms with Gasteiger partial charge in [-0.3, -0.25) is 14.7 Å². The molecule has 1 N–H and O–H groups in total. The molecule has 0 bridgehead atoms. The van der Waals surface area contributed by atoms with Crippen molar-refractivity contribution in [3.8, 4) is 0 Å². The van der Waals surface area contributed by atoms with Gasteiger partial charge in [-0.25, -0.2) is 9.38 Å². The minimum Gasteiger partial charge on any atom is -0.289 e. The van der Waals surface area contributed by atoms with Crippen molar-refractivity contribution in [1.82, 2.24) is 14.8 Å². The van der Waals surface area contributed by atoms with Crippen molar-refractivity contribution in [2.45, 2.75) is 20.0 Å². The third kappa shape index (κ3) is 1.39. The molecule has 2 aromatic heterocycles. The summed E-state index contributed by atoms with van der Waals surface area (Å²) in [6.45, 7) is 3.87. The number of benzene rings is 1. The van der Waals surface area contributed by atoms with Crippen molar-refractivity contribution >= 4 is 33.5 Å². The van der Waals surface area contributed by atoms with Gasteiger partial charge in [-0.05, 0) is 32.0 Å². The van der Waals surface area contributed by atoms with Gasteiger partial charge in [0.05, 0.1) is 28.5 Å². The first-order chi connectivity index (χ1) is 9.65. The minimum absolute atomic E-state index is 0.0788. The summed E-state index contributed by atoms with van der Waals surface area (Å²) in [5, 5.41) is 7.78. The molecule has 0 amide bonds. The van der Waals surface area contributed by atoms with Gasteiger partial charge in [0, 0.05) is 5.39 Å². The third-order valence-electron chi connectivity index (χ3n) is 3.55. The Morgan fingerprint density at radius 1 is 1.25 bits per heavy atom. The summed E-state index contributed by atoms with van der Waals surface area (Å²) in [5.41, 5.74) is 3.47. The number of aromatic nitrogens is 3. The second-order valence-electron chi connectivity index (χ2n) is 4.93. The zero-order chi connectivity index (χ0) is 13.9. The Bertz CT molecular complexity index is 899. The summed E-state index contributed by atoms with van der Waals surface area (Å²) < 4.78 is 15.5. The summed E-state index contributed by atoms with van der Waals surface area (Å²) in [4.78, 5) is 8.98.